The van der Waals surface area contributed by atoms with Crippen LogP contribution in [0.3, 0.4) is 0 Å². The van der Waals surface area contributed by atoms with Crippen molar-refractivity contribution in [2.75, 3.05) is 0 Å². The van der Waals surface area contributed by atoms with Crippen LogP contribution in [-0.4, -0.2) is 0 Å². The first-order valence-electron chi connectivity index (χ1n) is 9.70. The summed E-state index contributed by atoms with van der Waals surface area (Å²) in [5, 5.41) is 3.78. The summed E-state index contributed by atoms with van der Waals surface area (Å²) in [6.45, 7) is 4.38. The molecule has 0 unspecified atom stereocenters. The van der Waals surface area contributed by atoms with Crippen molar-refractivity contribution in [2.45, 2.75) is 13.8 Å². The van der Waals surface area contributed by atoms with Gasteiger partial charge in [0.15, 0.2) is 0 Å². The zero-order valence-corrected chi connectivity index (χ0v) is 17.8. The molecule has 0 fully saturated rings. The van der Waals surface area contributed by atoms with E-state index in [1.54, 1.807) is 0 Å². The van der Waals surface area contributed by atoms with Crippen LogP contribution in [-0.2, 0) is 0 Å². The highest BCUT2D eigenvalue weighted by atomic mass is 32.1. The van der Waals surface area contributed by atoms with Crippen LogP contribution in [0.25, 0.3) is 53.6 Å². The average molecular weight is 411 g/mol. The lowest BCUT2D eigenvalue weighted by Crippen LogP contribution is -1.81. The van der Waals surface area contributed by atoms with Gasteiger partial charge >= 0.3 is 0 Å². The maximum absolute atomic E-state index is 6.69. The van der Waals surface area contributed by atoms with E-state index in [4.69, 9.17) is 4.42 Å². The van der Waals surface area contributed by atoms with Crippen molar-refractivity contribution in [1.29, 1.82) is 0 Å². The number of hydrogen-bond donors (Lipinski definition) is 0. The number of benzene rings is 3. The summed E-state index contributed by atoms with van der Waals surface area (Å²) in [5.41, 5.74) is 4.51. The molecule has 3 heterocycles. The third-order valence-electron chi connectivity index (χ3n) is 5.44. The molecule has 0 aliphatic heterocycles. The molecule has 0 amide bonds. The molecule has 0 saturated carbocycles. The van der Waals surface area contributed by atoms with Crippen LogP contribution in [0.2, 0.25) is 0 Å². The molecule has 1 nitrogen and oxygen atoms in total. The average Bonchev–Trinajstić information content (AvgIpc) is 3.43. The van der Waals surface area contributed by atoms with Gasteiger partial charge in [0.05, 0.1) is 9.40 Å². The SMILES string of the molecule is Cc1cc2c3oc(-c4ccccc4)c(-c4ccccc4)c3c3cc(C)sc3c2s1. The van der Waals surface area contributed by atoms with Gasteiger partial charge in [-0.2, -0.15) is 0 Å². The van der Waals surface area contributed by atoms with Crippen LogP contribution in [0.1, 0.15) is 9.75 Å². The van der Waals surface area contributed by atoms with E-state index in [0.717, 1.165) is 16.9 Å². The Balaban J connectivity index is 1.89. The normalized spacial score (nSPS) is 11.8. The molecule has 0 aliphatic carbocycles. The standard InChI is InChI=1S/C26H18OS2/c1-15-13-19-22-21(17-9-5-3-6-10-17)23(18-11-7-4-8-12-18)27-24(22)20-14-16(2)29-26(20)25(19)28-15/h3-14H,1-2H3. The van der Waals surface area contributed by atoms with Crippen LogP contribution < -0.4 is 0 Å². The number of furan rings is 1. The first-order valence-corrected chi connectivity index (χ1v) is 11.3. The fourth-order valence-electron chi connectivity index (χ4n) is 4.27. The van der Waals surface area contributed by atoms with E-state index in [2.05, 4.69) is 86.6 Å². The fourth-order valence-corrected chi connectivity index (χ4v) is 6.46. The van der Waals surface area contributed by atoms with Crippen molar-refractivity contribution in [3.05, 3.63) is 82.6 Å². The predicted molar refractivity (Wildman–Crippen MR) is 127 cm³/mol. The number of rotatable bonds is 2. The molecule has 3 heteroatoms. The maximum atomic E-state index is 6.69. The second-order valence-corrected chi connectivity index (χ2v) is 9.95. The van der Waals surface area contributed by atoms with E-state index in [-0.39, 0.29) is 0 Å². The molecule has 0 spiro atoms. The predicted octanol–water partition coefficient (Wildman–Crippen LogP) is 8.81. The molecule has 0 bridgehead atoms. The van der Waals surface area contributed by atoms with Gasteiger partial charge in [-0.25, -0.2) is 0 Å². The van der Waals surface area contributed by atoms with Gasteiger partial charge < -0.3 is 4.42 Å². The molecule has 3 aromatic carbocycles. The van der Waals surface area contributed by atoms with Crippen molar-refractivity contribution >= 4 is 53.8 Å². The highest BCUT2D eigenvalue weighted by Crippen LogP contribution is 2.50. The Kier molecular flexibility index (Phi) is 3.70. The summed E-state index contributed by atoms with van der Waals surface area (Å²) in [7, 11) is 0. The van der Waals surface area contributed by atoms with Crippen molar-refractivity contribution in [3.63, 3.8) is 0 Å². The van der Waals surface area contributed by atoms with E-state index in [1.165, 1.54) is 46.4 Å². The summed E-state index contributed by atoms with van der Waals surface area (Å²) < 4.78 is 9.41. The van der Waals surface area contributed by atoms with Crippen molar-refractivity contribution in [3.8, 4) is 22.5 Å². The molecule has 0 N–H and O–H groups in total. The molecular weight excluding hydrogens is 392 g/mol. The number of hydrogen-bond acceptors (Lipinski definition) is 3. The molecule has 0 aliphatic rings. The van der Waals surface area contributed by atoms with Crippen molar-refractivity contribution in [2.24, 2.45) is 0 Å². The van der Waals surface area contributed by atoms with E-state index in [9.17, 15) is 0 Å². The Bertz CT molecular complexity index is 1500. The summed E-state index contributed by atoms with van der Waals surface area (Å²) >= 11 is 3.75. The van der Waals surface area contributed by atoms with Gasteiger partial charge in [0.2, 0.25) is 0 Å². The minimum absolute atomic E-state index is 0.952. The second-order valence-electron chi connectivity index (χ2n) is 7.44. The van der Waals surface area contributed by atoms with E-state index in [1.807, 2.05) is 22.7 Å². The first kappa shape index (κ1) is 17.0. The molecule has 0 radical (unpaired) electrons. The van der Waals surface area contributed by atoms with Gasteiger partial charge in [-0.15, -0.1) is 22.7 Å². The van der Waals surface area contributed by atoms with Crippen LogP contribution in [0.4, 0.5) is 0 Å². The van der Waals surface area contributed by atoms with Gasteiger partial charge in [-0.3, -0.25) is 0 Å². The smallest absolute Gasteiger partial charge is 0.144 e. The third-order valence-corrected chi connectivity index (χ3v) is 7.70. The lowest BCUT2D eigenvalue weighted by atomic mass is 9.96. The van der Waals surface area contributed by atoms with Crippen LogP contribution in [0.15, 0.2) is 77.2 Å². The summed E-state index contributed by atoms with van der Waals surface area (Å²) in [4.78, 5) is 2.65. The Hall–Kier alpha value is -2.88. The van der Waals surface area contributed by atoms with Gasteiger partial charge in [0.1, 0.15) is 11.3 Å². The summed E-state index contributed by atoms with van der Waals surface area (Å²) in [5.74, 6) is 0.952. The van der Waals surface area contributed by atoms with E-state index in [0.29, 0.717) is 0 Å². The summed E-state index contributed by atoms with van der Waals surface area (Å²) in [6.07, 6.45) is 0. The zero-order chi connectivity index (χ0) is 19.5. The summed E-state index contributed by atoms with van der Waals surface area (Å²) in [6, 6.07) is 25.7. The molecule has 6 rings (SSSR count). The minimum atomic E-state index is 0.952. The zero-order valence-electron chi connectivity index (χ0n) is 16.2. The monoisotopic (exact) mass is 410 g/mol. The number of fused-ring (bicyclic) bond motifs is 6. The van der Waals surface area contributed by atoms with E-state index < -0.39 is 0 Å². The fraction of sp³-hybridized carbons (Fsp3) is 0.0769. The lowest BCUT2D eigenvalue weighted by molar-refractivity contribution is 0.636. The Morgan fingerprint density at radius 2 is 1.21 bits per heavy atom. The van der Waals surface area contributed by atoms with Crippen molar-refractivity contribution < 1.29 is 4.42 Å². The molecule has 6 aromatic rings. The topological polar surface area (TPSA) is 13.1 Å². The van der Waals surface area contributed by atoms with Crippen LogP contribution in [0.5, 0.6) is 0 Å². The quantitative estimate of drug-likeness (QED) is 0.278. The van der Waals surface area contributed by atoms with Gasteiger partial charge in [-0.05, 0) is 31.5 Å². The molecule has 29 heavy (non-hydrogen) atoms. The molecule has 140 valence electrons. The Morgan fingerprint density at radius 3 is 1.86 bits per heavy atom. The molecule has 0 saturated heterocycles. The number of aryl methyl sites for hydroxylation is 2. The van der Waals surface area contributed by atoms with Gasteiger partial charge in [0.25, 0.3) is 0 Å². The maximum Gasteiger partial charge on any atom is 0.144 e. The highest BCUT2D eigenvalue weighted by Gasteiger charge is 2.24. The number of thiophene rings is 2. The van der Waals surface area contributed by atoms with E-state index >= 15 is 0 Å². The largest absolute Gasteiger partial charge is 0.455 e. The Labute approximate surface area is 176 Å². The molecular formula is C26H18OS2. The van der Waals surface area contributed by atoms with Gasteiger partial charge in [-0.1, -0.05) is 60.7 Å². The lowest BCUT2D eigenvalue weighted by Gasteiger charge is -2.04. The van der Waals surface area contributed by atoms with Crippen LogP contribution >= 0.6 is 22.7 Å². The highest BCUT2D eigenvalue weighted by molar-refractivity contribution is 7.27. The van der Waals surface area contributed by atoms with Crippen LogP contribution in [0, 0.1) is 13.8 Å². The molecule has 0 atom stereocenters. The Morgan fingerprint density at radius 1 is 0.655 bits per heavy atom. The molecule has 3 aromatic heterocycles. The minimum Gasteiger partial charge on any atom is -0.455 e. The van der Waals surface area contributed by atoms with Crippen molar-refractivity contribution in [1.82, 2.24) is 0 Å². The van der Waals surface area contributed by atoms with Gasteiger partial charge in [0, 0.05) is 37.0 Å². The third kappa shape index (κ3) is 2.51. The second kappa shape index (κ2) is 6.31. The first-order chi connectivity index (χ1) is 14.2.